The van der Waals surface area contributed by atoms with Crippen LogP contribution in [0.2, 0.25) is 0 Å². The van der Waals surface area contributed by atoms with E-state index in [4.69, 9.17) is 4.42 Å². The van der Waals surface area contributed by atoms with Gasteiger partial charge in [-0.1, -0.05) is 0 Å². The predicted octanol–water partition coefficient (Wildman–Crippen LogP) is 5.66. The Labute approximate surface area is 147 Å². The number of rotatable bonds is 4. The molecule has 0 aliphatic carbocycles. The van der Waals surface area contributed by atoms with E-state index in [0.717, 1.165) is 34.2 Å². The van der Waals surface area contributed by atoms with Gasteiger partial charge in [-0.2, -0.15) is 0 Å². The van der Waals surface area contributed by atoms with Crippen LogP contribution in [0.15, 0.2) is 52.9 Å². The summed E-state index contributed by atoms with van der Waals surface area (Å²) in [4.78, 5) is 0. The van der Waals surface area contributed by atoms with Crippen molar-refractivity contribution >= 4 is 33.3 Å². The van der Waals surface area contributed by atoms with Gasteiger partial charge in [-0.05, 0) is 48.5 Å². The van der Waals surface area contributed by atoms with Crippen LogP contribution >= 0.6 is 0 Å². The van der Waals surface area contributed by atoms with Gasteiger partial charge < -0.3 is 15.1 Å². The smallest absolute Gasteiger partial charge is 0.166 e. The molecule has 3 nitrogen and oxygen atoms in total. The zero-order valence-electron chi connectivity index (χ0n) is 13.9. The minimum absolute atomic E-state index is 0.168. The molecule has 0 amide bonds. The Kier molecular flexibility index (Phi) is 3.95. The fourth-order valence-corrected chi connectivity index (χ4v) is 2.96. The number of fused-ring (bicyclic) bond motifs is 3. The maximum Gasteiger partial charge on any atom is 0.166 e. The highest BCUT2D eigenvalue weighted by Gasteiger charge is 2.14. The average molecular weight is 356 g/mol. The van der Waals surface area contributed by atoms with Crippen LogP contribution in [0.25, 0.3) is 21.9 Å². The van der Waals surface area contributed by atoms with Crippen molar-refractivity contribution in [3.05, 3.63) is 71.5 Å². The molecular formula is C20H15F3N2O. The van der Waals surface area contributed by atoms with Gasteiger partial charge in [0.05, 0.1) is 0 Å². The first kappa shape index (κ1) is 16.3. The number of furan rings is 1. The summed E-state index contributed by atoms with van der Waals surface area (Å²) in [5, 5.41) is 7.82. The molecule has 1 heterocycles. The summed E-state index contributed by atoms with van der Waals surface area (Å²) in [7, 11) is 1.83. The Morgan fingerprint density at radius 1 is 0.808 bits per heavy atom. The quantitative estimate of drug-likeness (QED) is 0.464. The molecule has 0 saturated carbocycles. The van der Waals surface area contributed by atoms with Crippen molar-refractivity contribution < 1.29 is 17.6 Å². The van der Waals surface area contributed by atoms with Gasteiger partial charge in [0.2, 0.25) is 0 Å². The molecule has 1 aromatic heterocycles. The second kappa shape index (κ2) is 6.29. The molecule has 0 atom stereocenters. The molecule has 0 spiro atoms. The molecule has 0 saturated heterocycles. The summed E-state index contributed by atoms with van der Waals surface area (Å²) in [6, 6.07) is 12.8. The largest absolute Gasteiger partial charge is 0.456 e. The number of hydrogen-bond donors (Lipinski definition) is 2. The van der Waals surface area contributed by atoms with Crippen LogP contribution < -0.4 is 10.6 Å². The summed E-state index contributed by atoms with van der Waals surface area (Å²) in [5.74, 6) is -3.03. The normalized spacial score (nSPS) is 11.2. The molecule has 4 aromatic rings. The van der Waals surface area contributed by atoms with Crippen LogP contribution in [0.1, 0.15) is 5.56 Å². The highest BCUT2D eigenvalue weighted by molar-refractivity contribution is 6.07. The van der Waals surface area contributed by atoms with Gasteiger partial charge in [-0.15, -0.1) is 0 Å². The van der Waals surface area contributed by atoms with Gasteiger partial charge in [0.1, 0.15) is 17.0 Å². The lowest BCUT2D eigenvalue weighted by molar-refractivity contribution is 0.482. The fraction of sp³-hybridized carbons (Fsp3) is 0.100. The van der Waals surface area contributed by atoms with E-state index in [1.165, 1.54) is 0 Å². The summed E-state index contributed by atoms with van der Waals surface area (Å²) in [6.45, 7) is -0.168. The number of anilines is 2. The molecule has 0 aliphatic heterocycles. The fourth-order valence-electron chi connectivity index (χ4n) is 2.96. The average Bonchev–Trinajstić information content (AvgIpc) is 3.02. The standard InChI is InChI=1S/C20H15F3N2O/c1-24-11-2-6-18-13(8-11)14-9-12(3-7-19(14)26-18)25-10-15-16(21)4-5-17(22)20(15)23/h2-9,24-25H,10H2,1H3. The van der Waals surface area contributed by atoms with E-state index in [9.17, 15) is 13.2 Å². The first-order chi connectivity index (χ1) is 12.6. The SMILES string of the molecule is CNc1ccc2oc3ccc(NCc4c(F)ccc(F)c4F)cc3c2c1. The second-order valence-corrected chi connectivity index (χ2v) is 5.95. The lowest BCUT2D eigenvalue weighted by atomic mass is 10.1. The van der Waals surface area contributed by atoms with Crippen LogP contribution in [0.5, 0.6) is 0 Å². The van der Waals surface area contributed by atoms with Gasteiger partial charge in [-0.3, -0.25) is 0 Å². The minimum atomic E-state index is -1.17. The minimum Gasteiger partial charge on any atom is -0.456 e. The molecule has 0 aliphatic rings. The lowest BCUT2D eigenvalue weighted by Gasteiger charge is -2.09. The van der Waals surface area contributed by atoms with E-state index in [1.807, 2.05) is 31.3 Å². The molecule has 6 heteroatoms. The molecule has 132 valence electrons. The Bertz CT molecular complexity index is 1120. The molecule has 3 aromatic carbocycles. The second-order valence-electron chi connectivity index (χ2n) is 5.95. The molecule has 0 fully saturated rings. The zero-order chi connectivity index (χ0) is 18.3. The predicted molar refractivity (Wildman–Crippen MR) is 96.9 cm³/mol. The number of nitrogens with one attached hydrogen (secondary N) is 2. The Morgan fingerprint density at radius 3 is 2.12 bits per heavy atom. The van der Waals surface area contributed by atoms with Crippen molar-refractivity contribution in [1.82, 2.24) is 0 Å². The number of benzene rings is 3. The van der Waals surface area contributed by atoms with Crippen LogP contribution in [-0.2, 0) is 6.54 Å². The molecule has 0 bridgehead atoms. The van der Waals surface area contributed by atoms with Crippen molar-refractivity contribution in [3.8, 4) is 0 Å². The van der Waals surface area contributed by atoms with Gasteiger partial charge in [-0.25, -0.2) is 13.2 Å². The Balaban J connectivity index is 1.69. The van der Waals surface area contributed by atoms with Gasteiger partial charge in [0, 0.05) is 41.3 Å². The summed E-state index contributed by atoms with van der Waals surface area (Å²) < 4.78 is 46.7. The van der Waals surface area contributed by atoms with Crippen molar-refractivity contribution in [3.63, 3.8) is 0 Å². The van der Waals surface area contributed by atoms with E-state index in [1.54, 1.807) is 12.1 Å². The third kappa shape index (κ3) is 2.73. The molecule has 0 unspecified atom stereocenters. The maximum absolute atomic E-state index is 13.8. The van der Waals surface area contributed by atoms with Crippen molar-refractivity contribution in [2.24, 2.45) is 0 Å². The summed E-state index contributed by atoms with van der Waals surface area (Å²) >= 11 is 0. The highest BCUT2D eigenvalue weighted by atomic mass is 19.2. The van der Waals surface area contributed by atoms with Gasteiger partial charge >= 0.3 is 0 Å². The van der Waals surface area contributed by atoms with Crippen LogP contribution in [0, 0.1) is 17.5 Å². The van der Waals surface area contributed by atoms with Crippen LogP contribution in [0.3, 0.4) is 0 Å². The van der Waals surface area contributed by atoms with Crippen LogP contribution in [0.4, 0.5) is 24.5 Å². The molecule has 4 rings (SSSR count). The monoisotopic (exact) mass is 356 g/mol. The van der Waals surface area contributed by atoms with E-state index < -0.39 is 17.5 Å². The molecule has 2 N–H and O–H groups in total. The molecule has 0 radical (unpaired) electrons. The van der Waals surface area contributed by atoms with E-state index in [0.29, 0.717) is 11.3 Å². The molecule has 26 heavy (non-hydrogen) atoms. The van der Waals surface area contributed by atoms with E-state index >= 15 is 0 Å². The zero-order valence-corrected chi connectivity index (χ0v) is 13.9. The number of hydrogen-bond acceptors (Lipinski definition) is 3. The summed E-state index contributed by atoms with van der Waals surface area (Å²) in [5.41, 5.74) is 2.72. The topological polar surface area (TPSA) is 37.2 Å². The van der Waals surface area contributed by atoms with E-state index in [2.05, 4.69) is 10.6 Å². The summed E-state index contributed by atoms with van der Waals surface area (Å²) in [6.07, 6.45) is 0. The van der Waals surface area contributed by atoms with Crippen LogP contribution in [-0.4, -0.2) is 7.05 Å². The third-order valence-corrected chi connectivity index (χ3v) is 4.37. The Morgan fingerprint density at radius 2 is 1.42 bits per heavy atom. The van der Waals surface area contributed by atoms with Crippen molar-refractivity contribution in [1.29, 1.82) is 0 Å². The Hall–Kier alpha value is -3.15. The molecular weight excluding hydrogens is 341 g/mol. The first-order valence-electron chi connectivity index (χ1n) is 8.07. The van der Waals surface area contributed by atoms with Crippen molar-refractivity contribution in [2.75, 3.05) is 17.7 Å². The first-order valence-corrected chi connectivity index (χ1v) is 8.07. The van der Waals surface area contributed by atoms with Crippen molar-refractivity contribution in [2.45, 2.75) is 6.54 Å². The lowest BCUT2D eigenvalue weighted by Crippen LogP contribution is -2.06. The highest BCUT2D eigenvalue weighted by Crippen LogP contribution is 2.32. The third-order valence-electron chi connectivity index (χ3n) is 4.37. The number of halogens is 3. The van der Waals surface area contributed by atoms with Gasteiger partial charge in [0.25, 0.3) is 0 Å². The maximum atomic E-state index is 13.8. The van der Waals surface area contributed by atoms with Gasteiger partial charge in [0.15, 0.2) is 11.6 Å². The van der Waals surface area contributed by atoms with E-state index in [-0.39, 0.29) is 12.1 Å².